The molecule has 0 spiro atoms. The number of rotatable bonds is 4. The van der Waals surface area contributed by atoms with Crippen molar-refractivity contribution in [2.75, 3.05) is 13.2 Å². The molecule has 0 aromatic carbocycles. The highest BCUT2D eigenvalue weighted by Gasteiger charge is 1.90. The standard InChI is InChI=1S/C7H10N2O2/c10-4-1-5-11-7-2-3-8-6-9-7/h2-3,6,10H,1,4-5H2. The molecule has 0 aliphatic heterocycles. The predicted octanol–water partition coefficient (Wildman–Crippen LogP) is 0.238. The number of aliphatic hydroxyl groups excluding tert-OH is 1. The molecule has 0 amide bonds. The van der Waals surface area contributed by atoms with E-state index >= 15 is 0 Å². The molecule has 0 aliphatic carbocycles. The Morgan fingerprint density at radius 2 is 2.45 bits per heavy atom. The summed E-state index contributed by atoms with van der Waals surface area (Å²) in [5.41, 5.74) is 0. The Balaban J connectivity index is 2.28. The van der Waals surface area contributed by atoms with Crippen LogP contribution in [0, 0.1) is 0 Å². The summed E-state index contributed by atoms with van der Waals surface area (Å²) in [7, 11) is 0. The first-order valence-electron chi connectivity index (χ1n) is 3.43. The maximum atomic E-state index is 8.43. The van der Waals surface area contributed by atoms with Crippen molar-refractivity contribution in [3.05, 3.63) is 18.6 Å². The predicted molar refractivity (Wildman–Crippen MR) is 39.2 cm³/mol. The maximum Gasteiger partial charge on any atom is 0.216 e. The van der Waals surface area contributed by atoms with Crippen LogP contribution in [0.1, 0.15) is 6.42 Å². The van der Waals surface area contributed by atoms with Crippen LogP contribution in [-0.2, 0) is 0 Å². The van der Waals surface area contributed by atoms with Crippen molar-refractivity contribution >= 4 is 0 Å². The van der Waals surface area contributed by atoms with Gasteiger partial charge in [-0.2, -0.15) is 0 Å². The van der Waals surface area contributed by atoms with Gasteiger partial charge in [0.05, 0.1) is 6.61 Å². The van der Waals surface area contributed by atoms with E-state index in [4.69, 9.17) is 9.84 Å². The highest BCUT2D eigenvalue weighted by Crippen LogP contribution is 2.01. The van der Waals surface area contributed by atoms with Crippen LogP contribution in [0.2, 0.25) is 0 Å². The molecule has 0 saturated heterocycles. The summed E-state index contributed by atoms with van der Waals surface area (Å²) in [4.78, 5) is 7.57. The molecule has 0 saturated carbocycles. The summed E-state index contributed by atoms with van der Waals surface area (Å²) in [6, 6.07) is 1.68. The molecule has 1 N–H and O–H groups in total. The van der Waals surface area contributed by atoms with E-state index in [9.17, 15) is 0 Å². The monoisotopic (exact) mass is 154 g/mol. The second kappa shape index (κ2) is 4.62. The number of aromatic nitrogens is 2. The zero-order chi connectivity index (χ0) is 7.94. The van der Waals surface area contributed by atoms with Crippen LogP contribution in [0.5, 0.6) is 5.88 Å². The molecular weight excluding hydrogens is 144 g/mol. The number of ether oxygens (including phenoxy) is 1. The first-order valence-corrected chi connectivity index (χ1v) is 3.43. The Bertz CT molecular complexity index is 191. The number of hydrogen-bond donors (Lipinski definition) is 1. The topological polar surface area (TPSA) is 55.2 Å². The van der Waals surface area contributed by atoms with Crippen LogP contribution in [0.25, 0.3) is 0 Å². The van der Waals surface area contributed by atoms with Gasteiger partial charge in [0.2, 0.25) is 5.88 Å². The average Bonchev–Trinajstić information content (AvgIpc) is 2.07. The molecule has 0 atom stereocenters. The largest absolute Gasteiger partial charge is 0.477 e. The molecule has 1 rings (SSSR count). The molecular formula is C7H10N2O2. The minimum absolute atomic E-state index is 0.144. The average molecular weight is 154 g/mol. The van der Waals surface area contributed by atoms with Crippen LogP contribution < -0.4 is 4.74 Å². The third-order valence-electron chi connectivity index (χ3n) is 1.11. The third-order valence-corrected chi connectivity index (χ3v) is 1.11. The summed E-state index contributed by atoms with van der Waals surface area (Å²) in [6.45, 7) is 0.637. The van der Waals surface area contributed by atoms with Gasteiger partial charge in [-0.15, -0.1) is 0 Å². The maximum absolute atomic E-state index is 8.43. The van der Waals surface area contributed by atoms with Crippen molar-refractivity contribution in [3.8, 4) is 5.88 Å². The zero-order valence-corrected chi connectivity index (χ0v) is 6.10. The highest BCUT2D eigenvalue weighted by molar-refractivity contribution is 5.03. The van der Waals surface area contributed by atoms with Crippen LogP contribution in [0.4, 0.5) is 0 Å². The minimum Gasteiger partial charge on any atom is -0.477 e. The van der Waals surface area contributed by atoms with E-state index in [0.29, 0.717) is 18.9 Å². The number of aliphatic hydroxyl groups is 1. The van der Waals surface area contributed by atoms with Gasteiger partial charge in [0.1, 0.15) is 6.33 Å². The molecule has 0 radical (unpaired) electrons. The second-order valence-corrected chi connectivity index (χ2v) is 1.97. The smallest absolute Gasteiger partial charge is 0.216 e. The van der Waals surface area contributed by atoms with Gasteiger partial charge in [0, 0.05) is 25.3 Å². The molecule has 0 bridgehead atoms. The van der Waals surface area contributed by atoms with Crippen molar-refractivity contribution in [3.63, 3.8) is 0 Å². The van der Waals surface area contributed by atoms with E-state index < -0.39 is 0 Å². The summed E-state index contributed by atoms with van der Waals surface area (Å²) in [5.74, 6) is 0.549. The van der Waals surface area contributed by atoms with Gasteiger partial charge in [-0.25, -0.2) is 9.97 Å². The molecule has 4 heteroatoms. The van der Waals surface area contributed by atoms with Gasteiger partial charge in [0.15, 0.2) is 0 Å². The SMILES string of the molecule is OCCCOc1ccncn1. The minimum atomic E-state index is 0.144. The van der Waals surface area contributed by atoms with Gasteiger partial charge in [-0.1, -0.05) is 0 Å². The fourth-order valence-electron chi connectivity index (χ4n) is 0.605. The van der Waals surface area contributed by atoms with Gasteiger partial charge in [-0.05, 0) is 0 Å². The Morgan fingerprint density at radius 3 is 3.09 bits per heavy atom. The lowest BCUT2D eigenvalue weighted by Crippen LogP contribution is -2.00. The summed E-state index contributed by atoms with van der Waals surface area (Å²) in [6.07, 6.45) is 3.67. The van der Waals surface area contributed by atoms with Gasteiger partial charge >= 0.3 is 0 Å². The van der Waals surface area contributed by atoms with Crippen molar-refractivity contribution in [1.82, 2.24) is 9.97 Å². The molecule has 11 heavy (non-hydrogen) atoms. The number of hydrogen-bond acceptors (Lipinski definition) is 4. The Kier molecular flexibility index (Phi) is 3.34. The Morgan fingerprint density at radius 1 is 1.55 bits per heavy atom. The van der Waals surface area contributed by atoms with Crippen molar-refractivity contribution in [2.24, 2.45) is 0 Å². The summed E-state index contributed by atoms with van der Waals surface area (Å²) in [5, 5.41) is 8.43. The van der Waals surface area contributed by atoms with Crippen molar-refractivity contribution in [1.29, 1.82) is 0 Å². The van der Waals surface area contributed by atoms with Crippen LogP contribution in [-0.4, -0.2) is 28.3 Å². The molecule has 0 fully saturated rings. The van der Waals surface area contributed by atoms with E-state index in [2.05, 4.69) is 9.97 Å². The molecule has 0 unspecified atom stereocenters. The third kappa shape index (κ3) is 2.95. The van der Waals surface area contributed by atoms with Gasteiger partial charge in [-0.3, -0.25) is 0 Å². The van der Waals surface area contributed by atoms with E-state index in [-0.39, 0.29) is 6.61 Å². The quantitative estimate of drug-likeness (QED) is 0.631. The van der Waals surface area contributed by atoms with E-state index in [0.717, 1.165) is 0 Å². The van der Waals surface area contributed by atoms with E-state index in [1.807, 2.05) is 0 Å². The molecule has 1 aromatic heterocycles. The van der Waals surface area contributed by atoms with E-state index in [1.165, 1.54) is 6.33 Å². The van der Waals surface area contributed by atoms with Crippen molar-refractivity contribution < 1.29 is 9.84 Å². The Hall–Kier alpha value is -1.16. The van der Waals surface area contributed by atoms with Crippen LogP contribution in [0.15, 0.2) is 18.6 Å². The molecule has 1 aromatic rings. The molecule has 1 heterocycles. The lowest BCUT2D eigenvalue weighted by Gasteiger charge is -2.01. The fourth-order valence-corrected chi connectivity index (χ4v) is 0.605. The summed E-state index contributed by atoms with van der Waals surface area (Å²) < 4.78 is 5.14. The highest BCUT2D eigenvalue weighted by atomic mass is 16.5. The first-order chi connectivity index (χ1) is 5.43. The van der Waals surface area contributed by atoms with Gasteiger partial charge in [0.25, 0.3) is 0 Å². The normalized spacial score (nSPS) is 9.55. The lowest BCUT2D eigenvalue weighted by atomic mass is 10.5. The van der Waals surface area contributed by atoms with Crippen molar-refractivity contribution in [2.45, 2.75) is 6.42 Å². The fraction of sp³-hybridized carbons (Fsp3) is 0.429. The Labute approximate surface area is 64.9 Å². The molecule has 0 aliphatic rings. The first kappa shape index (κ1) is 7.94. The lowest BCUT2D eigenvalue weighted by molar-refractivity contribution is 0.229. The van der Waals surface area contributed by atoms with Gasteiger partial charge < -0.3 is 9.84 Å². The summed E-state index contributed by atoms with van der Waals surface area (Å²) >= 11 is 0. The zero-order valence-electron chi connectivity index (χ0n) is 6.10. The molecule has 4 nitrogen and oxygen atoms in total. The number of nitrogens with zero attached hydrogens (tertiary/aromatic N) is 2. The molecule has 60 valence electrons. The van der Waals surface area contributed by atoms with Crippen LogP contribution >= 0.6 is 0 Å². The van der Waals surface area contributed by atoms with Crippen LogP contribution in [0.3, 0.4) is 0 Å². The second-order valence-electron chi connectivity index (χ2n) is 1.97. The van der Waals surface area contributed by atoms with E-state index in [1.54, 1.807) is 12.3 Å².